The highest BCUT2D eigenvalue weighted by molar-refractivity contribution is 7.80. The van der Waals surface area contributed by atoms with Gasteiger partial charge in [-0.25, -0.2) is 0 Å². The molecule has 17 heavy (non-hydrogen) atoms. The molecule has 0 radical (unpaired) electrons. The van der Waals surface area contributed by atoms with E-state index >= 15 is 0 Å². The van der Waals surface area contributed by atoms with E-state index in [-0.39, 0.29) is 22.4 Å². The van der Waals surface area contributed by atoms with Crippen LogP contribution in [0.25, 0.3) is 0 Å². The molecule has 5 heteroatoms. The molecule has 0 aromatic rings. The van der Waals surface area contributed by atoms with Crippen molar-refractivity contribution in [3.05, 3.63) is 0 Å². The Labute approximate surface area is 108 Å². The summed E-state index contributed by atoms with van der Waals surface area (Å²) >= 11 is 4.96. The number of carbonyl (C=O) groups excluding carboxylic acids is 1. The van der Waals surface area contributed by atoms with Gasteiger partial charge in [-0.2, -0.15) is 0 Å². The highest BCUT2D eigenvalue weighted by atomic mass is 32.1. The minimum absolute atomic E-state index is 0.0829. The SMILES string of the molecule is CC(C)C(C(=O)NC1(C)CCCOC1)C(N)=S. The third-order valence-electron chi connectivity index (χ3n) is 3.12. The lowest BCUT2D eigenvalue weighted by atomic mass is 9.90. The quantitative estimate of drug-likeness (QED) is 0.744. The smallest absolute Gasteiger partial charge is 0.230 e. The Bertz CT molecular complexity index is 299. The van der Waals surface area contributed by atoms with Gasteiger partial charge in [-0.1, -0.05) is 26.1 Å². The number of thiocarbonyl (C=S) groups is 1. The Kier molecular flexibility index (Phi) is 4.89. The predicted molar refractivity (Wildman–Crippen MR) is 71.7 cm³/mol. The molecule has 0 saturated carbocycles. The molecule has 1 aliphatic rings. The van der Waals surface area contributed by atoms with Gasteiger partial charge in [0.05, 0.1) is 23.1 Å². The molecule has 2 atom stereocenters. The third kappa shape index (κ3) is 3.92. The molecular weight excluding hydrogens is 236 g/mol. The van der Waals surface area contributed by atoms with E-state index in [9.17, 15) is 4.79 Å². The summed E-state index contributed by atoms with van der Waals surface area (Å²) in [6.45, 7) is 7.22. The summed E-state index contributed by atoms with van der Waals surface area (Å²) in [6, 6.07) is 0. The summed E-state index contributed by atoms with van der Waals surface area (Å²) in [5.74, 6) is -0.370. The zero-order chi connectivity index (χ0) is 13.1. The average molecular weight is 258 g/mol. The first-order chi connectivity index (χ1) is 7.86. The van der Waals surface area contributed by atoms with E-state index in [4.69, 9.17) is 22.7 Å². The molecule has 0 aromatic carbocycles. The van der Waals surface area contributed by atoms with Crippen molar-refractivity contribution in [1.29, 1.82) is 0 Å². The number of nitrogens with one attached hydrogen (secondary N) is 1. The van der Waals surface area contributed by atoms with Crippen molar-refractivity contribution in [2.24, 2.45) is 17.6 Å². The lowest BCUT2D eigenvalue weighted by molar-refractivity contribution is -0.127. The van der Waals surface area contributed by atoms with E-state index in [1.54, 1.807) is 0 Å². The van der Waals surface area contributed by atoms with Crippen LogP contribution in [0.4, 0.5) is 0 Å². The van der Waals surface area contributed by atoms with Crippen molar-refractivity contribution in [2.75, 3.05) is 13.2 Å². The summed E-state index contributed by atoms with van der Waals surface area (Å²) in [5.41, 5.74) is 5.34. The number of ether oxygens (including phenoxy) is 1. The second-order valence-electron chi connectivity index (χ2n) is 5.33. The Balaban J connectivity index is 2.66. The van der Waals surface area contributed by atoms with Crippen molar-refractivity contribution in [3.63, 3.8) is 0 Å². The first-order valence-corrected chi connectivity index (χ1v) is 6.46. The summed E-state index contributed by atoms with van der Waals surface area (Å²) in [7, 11) is 0. The maximum absolute atomic E-state index is 12.2. The average Bonchev–Trinajstić information content (AvgIpc) is 2.15. The normalized spacial score (nSPS) is 26.6. The van der Waals surface area contributed by atoms with Crippen molar-refractivity contribution < 1.29 is 9.53 Å². The zero-order valence-electron chi connectivity index (χ0n) is 10.8. The van der Waals surface area contributed by atoms with Gasteiger partial charge >= 0.3 is 0 Å². The molecule has 1 heterocycles. The van der Waals surface area contributed by atoms with Crippen molar-refractivity contribution in [1.82, 2.24) is 5.32 Å². The second kappa shape index (κ2) is 5.78. The molecule has 4 nitrogen and oxygen atoms in total. The van der Waals surface area contributed by atoms with Gasteiger partial charge in [-0.3, -0.25) is 4.79 Å². The Morgan fingerprint density at radius 3 is 2.59 bits per heavy atom. The molecule has 1 fully saturated rings. The molecule has 1 saturated heterocycles. The number of rotatable bonds is 4. The van der Waals surface area contributed by atoms with Gasteiger partial charge in [-0.15, -0.1) is 0 Å². The van der Waals surface area contributed by atoms with Gasteiger partial charge in [0.1, 0.15) is 0 Å². The molecular formula is C12H22N2O2S. The molecule has 2 unspecified atom stereocenters. The van der Waals surface area contributed by atoms with Crippen molar-refractivity contribution in [3.8, 4) is 0 Å². The standard InChI is InChI=1S/C12H22N2O2S/c1-8(2)9(10(13)17)11(15)14-12(3)5-4-6-16-7-12/h8-9H,4-7H2,1-3H3,(H2,13,17)(H,14,15). The number of hydrogen-bond acceptors (Lipinski definition) is 3. The maximum Gasteiger partial charge on any atom is 0.230 e. The van der Waals surface area contributed by atoms with Crippen molar-refractivity contribution >= 4 is 23.1 Å². The highest BCUT2D eigenvalue weighted by Crippen LogP contribution is 2.20. The molecule has 1 aliphatic heterocycles. The molecule has 0 bridgehead atoms. The van der Waals surface area contributed by atoms with Crippen LogP contribution in [0.5, 0.6) is 0 Å². The lowest BCUT2D eigenvalue weighted by Gasteiger charge is -2.36. The Hall–Kier alpha value is -0.680. The molecule has 0 aromatic heterocycles. The molecule has 98 valence electrons. The highest BCUT2D eigenvalue weighted by Gasteiger charge is 2.33. The first-order valence-electron chi connectivity index (χ1n) is 6.05. The van der Waals surface area contributed by atoms with Crippen LogP contribution >= 0.6 is 12.2 Å². The minimum atomic E-state index is -0.399. The van der Waals surface area contributed by atoms with E-state index in [1.807, 2.05) is 20.8 Å². The van der Waals surface area contributed by atoms with Crippen LogP contribution in [0, 0.1) is 11.8 Å². The Morgan fingerprint density at radius 1 is 1.53 bits per heavy atom. The number of carbonyl (C=O) groups is 1. The number of nitrogens with two attached hydrogens (primary N) is 1. The molecule has 1 rings (SSSR count). The Morgan fingerprint density at radius 2 is 2.18 bits per heavy atom. The van der Waals surface area contributed by atoms with Crippen LogP contribution in [0.2, 0.25) is 0 Å². The maximum atomic E-state index is 12.2. The van der Waals surface area contributed by atoms with Gasteiger partial charge in [-0.05, 0) is 25.7 Å². The van der Waals surface area contributed by atoms with Crippen LogP contribution in [0.1, 0.15) is 33.6 Å². The summed E-state index contributed by atoms with van der Waals surface area (Å²) in [6.07, 6.45) is 1.90. The molecule has 0 spiro atoms. The fraction of sp³-hybridized carbons (Fsp3) is 0.833. The molecule has 0 aliphatic carbocycles. The van der Waals surface area contributed by atoms with Gasteiger partial charge in [0.15, 0.2) is 0 Å². The fourth-order valence-electron chi connectivity index (χ4n) is 2.17. The first kappa shape index (κ1) is 14.4. The van der Waals surface area contributed by atoms with E-state index < -0.39 is 5.92 Å². The van der Waals surface area contributed by atoms with E-state index in [0.29, 0.717) is 6.61 Å². The van der Waals surface area contributed by atoms with Crippen LogP contribution in [-0.2, 0) is 9.53 Å². The minimum Gasteiger partial charge on any atom is -0.393 e. The van der Waals surface area contributed by atoms with Gasteiger partial charge in [0.2, 0.25) is 5.91 Å². The van der Waals surface area contributed by atoms with E-state index in [2.05, 4.69) is 5.32 Å². The fourth-order valence-corrected chi connectivity index (χ4v) is 2.55. The van der Waals surface area contributed by atoms with Gasteiger partial charge < -0.3 is 15.8 Å². The van der Waals surface area contributed by atoms with Gasteiger partial charge in [0, 0.05) is 6.61 Å². The lowest BCUT2D eigenvalue weighted by Crippen LogP contribution is -2.55. The third-order valence-corrected chi connectivity index (χ3v) is 3.37. The van der Waals surface area contributed by atoms with Crippen LogP contribution < -0.4 is 11.1 Å². The monoisotopic (exact) mass is 258 g/mol. The number of hydrogen-bond donors (Lipinski definition) is 2. The summed E-state index contributed by atoms with van der Waals surface area (Å²) in [5, 5.41) is 3.03. The van der Waals surface area contributed by atoms with Crippen LogP contribution in [0.3, 0.4) is 0 Å². The van der Waals surface area contributed by atoms with Crippen LogP contribution in [-0.4, -0.2) is 29.6 Å². The molecule has 1 amide bonds. The summed E-state index contributed by atoms with van der Waals surface area (Å²) in [4.78, 5) is 12.4. The second-order valence-corrected chi connectivity index (χ2v) is 5.80. The van der Waals surface area contributed by atoms with Gasteiger partial charge in [0.25, 0.3) is 0 Å². The topological polar surface area (TPSA) is 64.3 Å². The number of amides is 1. The van der Waals surface area contributed by atoms with Crippen LogP contribution in [0.15, 0.2) is 0 Å². The summed E-state index contributed by atoms with van der Waals surface area (Å²) < 4.78 is 5.41. The molecule has 3 N–H and O–H groups in total. The predicted octanol–water partition coefficient (Wildman–Crippen LogP) is 1.23. The van der Waals surface area contributed by atoms with E-state index in [0.717, 1.165) is 19.4 Å². The largest absolute Gasteiger partial charge is 0.393 e. The van der Waals surface area contributed by atoms with E-state index in [1.165, 1.54) is 0 Å². The van der Waals surface area contributed by atoms with Crippen molar-refractivity contribution in [2.45, 2.75) is 39.2 Å². The zero-order valence-corrected chi connectivity index (χ0v) is 11.6.